The van der Waals surface area contributed by atoms with Crippen molar-refractivity contribution in [3.8, 4) is 6.07 Å². The molecule has 3 nitrogen and oxygen atoms in total. The maximum Gasteiger partial charge on any atom is 0.212 e. The summed E-state index contributed by atoms with van der Waals surface area (Å²) in [4.78, 5) is 4.02. The van der Waals surface area contributed by atoms with E-state index in [4.69, 9.17) is 5.26 Å². The van der Waals surface area contributed by atoms with Crippen molar-refractivity contribution in [2.75, 3.05) is 0 Å². The summed E-state index contributed by atoms with van der Waals surface area (Å²) >= 11 is 0. The lowest BCUT2D eigenvalue weighted by atomic mass is 9.82. The molecule has 0 radical (unpaired) electrons. The monoisotopic (exact) mass is 203 g/mol. The molecule has 1 fully saturated rings. The highest BCUT2D eigenvalue weighted by Crippen LogP contribution is 2.29. The van der Waals surface area contributed by atoms with Crippen molar-refractivity contribution in [2.24, 2.45) is 11.8 Å². The van der Waals surface area contributed by atoms with Gasteiger partial charge in [0.25, 0.3) is 0 Å². The lowest BCUT2D eigenvalue weighted by Gasteiger charge is -2.26. The SMILES string of the molecule is C[C@H]1CCC[C@H](Cn2ccnc2C#N)C1. The van der Waals surface area contributed by atoms with E-state index < -0.39 is 0 Å². The minimum atomic E-state index is 0.549. The fraction of sp³-hybridized carbons (Fsp3) is 0.667. The molecule has 0 saturated heterocycles. The van der Waals surface area contributed by atoms with Crippen LogP contribution in [0.2, 0.25) is 0 Å². The molecule has 0 unspecified atom stereocenters. The van der Waals surface area contributed by atoms with Gasteiger partial charge in [-0.05, 0) is 24.7 Å². The molecule has 1 aliphatic rings. The number of nitriles is 1. The van der Waals surface area contributed by atoms with Crippen molar-refractivity contribution in [1.29, 1.82) is 5.26 Å². The van der Waals surface area contributed by atoms with Gasteiger partial charge in [0.15, 0.2) is 0 Å². The Labute approximate surface area is 90.7 Å². The molecule has 0 amide bonds. The van der Waals surface area contributed by atoms with Gasteiger partial charge in [-0.1, -0.05) is 19.8 Å². The van der Waals surface area contributed by atoms with Gasteiger partial charge in [0.05, 0.1) is 0 Å². The minimum absolute atomic E-state index is 0.549. The van der Waals surface area contributed by atoms with E-state index in [2.05, 4.69) is 18.0 Å². The Morgan fingerprint density at radius 2 is 2.47 bits per heavy atom. The summed E-state index contributed by atoms with van der Waals surface area (Å²) in [7, 11) is 0. The molecular formula is C12H17N3. The van der Waals surface area contributed by atoms with Crippen molar-refractivity contribution < 1.29 is 0 Å². The quantitative estimate of drug-likeness (QED) is 0.741. The fourth-order valence-corrected chi connectivity index (χ4v) is 2.57. The summed E-state index contributed by atoms with van der Waals surface area (Å²) in [5.74, 6) is 2.13. The van der Waals surface area contributed by atoms with Gasteiger partial charge in [0.1, 0.15) is 6.07 Å². The maximum absolute atomic E-state index is 8.86. The topological polar surface area (TPSA) is 41.6 Å². The Morgan fingerprint density at radius 1 is 1.60 bits per heavy atom. The fourth-order valence-electron chi connectivity index (χ4n) is 2.57. The van der Waals surface area contributed by atoms with Gasteiger partial charge in [0.2, 0.25) is 5.82 Å². The molecule has 15 heavy (non-hydrogen) atoms. The Morgan fingerprint density at radius 3 is 3.20 bits per heavy atom. The standard InChI is InChI=1S/C12H17N3/c1-10-3-2-4-11(7-10)9-15-6-5-14-12(15)8-13/h5-6,10-11H,2-4,7,9H2,1H3/t10-,11-/m0/s1. The molecule has 3 heteroatoms. The zero-order valence-electron chi connectivity index (χ0n) is 9.19. The first-order chi connectivity index (χ1) is 7.29. The Kier molecular flexibility index (Phi) is 3.05. The summed E-state index contributed by atoms with van der Waals surface area (Å²) in [5, 5.41) is 8.86. The first kappa shape index (κ1) is 10.2. The number of aromatic nitrogens is 2. The molecule has 80 valence electrons. The van der Waals surface area contributed by atoms with Gasteiger partial charge in [0, 0.05) is 18.9 Å². The molecule has 0 spiro atoms. The average Bonchev–Trinajstić information content (AvgIpc) is 2.65. The first-order valence-corrected chi connectivity index (χ1v) is 5.71. The van der Waals surface area contributed by atoms with Crippen LogP contribution in [0.5, 0.6) is 0 Å². The van der Waals surface area contributed by atoms with E-state index in [1.165, 1.54) is 25.7 Å². The van der Waals surface area contributed by atoms with Crippen molar-refractivity contribution >= 4 is 0 Å². The van der Waals surface area contributed by atoms with E-state index in [0.717, 1.165) is 18.4 Å². The molecule has 1 heterocycles. The van der Waals surface area contributed by atoms with E-state index in [9.17, 15) is 0 Å². The normalized spacial score (nSPS) is 26.1. The Hall–Kier alpha value is -1.30. The lowest BCUT2D eigenvalue weighted by Crippen LogP contribution is -2.18. The number of imidazole rings is 1. The van der Waals surface area contributed by atoms with E-state index in [1.54, 1.807) is 6.20 Å². The molecule has 1 aliphatic carbocycles. The molecule has 0 N–H and O–H groups in total. The van der Waals surface area contributed by atoms with Gasteiger partial charge >= 0.3 is 0 Å². The molecular weight excluding hydrogens is 186 g/mol. The van der Waals surface area contributed by atoms with Crippen LogP contribution in [0.15, 0.2) is 12.4 Å². The van der Waals surface area contributed by atoms with Gasteiger partial charge in [-0.2, -0.15) is 5.26 Å². The van der Waals surface area contributed by atoms with Crippen LogP contribution in [0, 0.1) is 23.2 Å². The molecule has 0 aromatic carbocycles. The van der Waals surface area contributed by atoms with Gasteiger partial charge < -0.3 is 4.57 Å². The summed E-state index contributed by atoms with van der Waals surface area (Å²) in [6, 6.07) is 2.13. The molecule has 1 aromatic rings. The van der Waals surface area contributed by atoms with E-state index >= 15 is 0 Å². The Balaban J connectivity index is 1.99. The third kappa shape index (κ3) is 2.38. The van der Waals surface area contributed by atoms with Crippen molar-refractivity contribution in [2.45, 2.75) is 39.2 Å². The van der Waals surface area contributed by atoms with E-state index in [-0.39, 0.29) is 0 Å². The third-order valence-corrected chi connectivity index (χ3v) is 3.32. The number of rotatable bonds is 2. The van der Waals surface area contributed by atoms with Crippen LogP contribution in [-0.4, -0.2) is 9.55 Å². The second kappa shape index (κ2) is 4.48. The number of nitrogens with zero attached hydrogens (tertiary/aromatic N) is 3. The van der Waals surface area contributed by atoms with Crippen LogP contribution in [-0.2, 0) is 6.54 Å². The summed E-state index contributed by atoms with van der Waals surface area (Å²) in [5.41, 5.74) is 0. The molecule has 0 bridgehead atoms. The molecule has 1 aromatic heterocycles. The number of hydrogen-bond acceptors (Lipinski definition) is 2. The second-order valence-electron chi connectivity index (χ2n) is 4.65. The molecule has 2 rings (SSSR count). The predicted molar refractivity (Wildman–Crippen MR) is 58.1 cm³/mol. The van der Waals surface area contributed by atoms with E-state index in [0.29, 0.717) is 5.82 Å². The van der Waals surface area contributed by atoms with E-state index in [1.807, 2.05) is 10.8 Å². The van der Waals surface area contributed by atoms with Crippen LogP contribution >= 0.6 is 0 Å². The summed E-state index contributed by atoms with van der Waals surface area (Å²) in [6.45, 7) is 3.29. The highest BCUT2D eigenvalue weighted by Gasteiger charge is 2.19. The zero-order chi connectivity index (χ0) is 10.7. The van der Waals surface area contributed by atoms with Gasteiger partial charge in [-0.15, -0.1) is 0 Å². The average molecular weight is 203 g/mol. The largest absolute Gasteiger partial charge is 0.322 e. The number of hydrogen-bond donors (Lipinski definition) is 0. The van der Waals surface area contributed by atoms with Crippen LogP contribution in [0.1, 0.15) is 38.4 Å². The summed E-state index contributed by atoms with van der Waals surface area (Å²) < 4.78 is 1.99. The molecule has 0 aliphatic heterocycles. The van der Waals surface area contributed by atoms with Crippen LogP contribution < -0.4 is 0 Å². The highest BCUT2D eigenvalue weighted by molar-refractivity contribution is 5.11. The maximum atomic E-state index is 8.86. The zero-order valence-corrected chi connectivity index (χ0v) is 9.19. The van der Waals surface area contributed by atoms with Crippen LogP contribution in [0.25, 0.3) is 0 Å². The van der Waals surface area contributed by atoms with Crippen molar-refractivity contribution in [1.82, 2.24) is 9.55 Å². The van der Waals surface area contributed by atoms with Crippen LogP contribution in [0.4, 0.5) is 0 Å². The lowest BCUT2D eigenvalue weighted by molar-refractivity contribution is 0.256. The molecule has 2 atom stereocenters. The van der Waals surface area contributed by atoms with Gasteiger partial charge in [-0.25, -0.2) is 4.98 Å². The third-order valence-electron chi connectivity index (χ3n) is 3.32. The predicted octanol–water partition coefficient (Wildman–Crippen LogP) is 2.58. The summed E-state index contributed by atoms with van der Waals surface area (Å²) in [6.07, 6.45) is 8.92. The second-order valence-corrected chi connectivity index (χ2v) is 4.65. The Bertz CT molecular complexity index is 361. The molecule has 1 saturated carbocycles. The first-order valence-electron chi connectivity index (χ1n) is 5.71. The van der Waals surface area contributed by atoms with Gasteiger partial charge in [-0.3, -0.25) is 0 Å². The minimum Gasteiger partial charge on any atom is -0.322 e. The smallest absolute Gasteiger partial charge is 0.212 e. The van der Waals surface area contributed by atoms with Crippen LogP contribution in [0.3, 0.4) is 0 Å². The van der Waals surface area contributed by atoms with Crippen molar-refractivity contribution in [3.63, 3.8) is 0 Å². The van der Waals surface area contributed by atoms with Crippen molar-refractivity contribution in [3.05, 3.63) is 18.2 Å². The highest BCUT2D eigenvalue weighted by atomic mass is 15.1.